The number of rotatable bonds is 7. The summed E-state index contributed by atoms with van der Waals surface area (Å²) in [4.78, 5) is 14.8. The van der Waals surface area contributed by atoms with Gasteiger partial charge >= 0.3 is 0 Å². The highest BCUT2D eigenvalue weighted by Gasteiger charge is 2.27. The van der Waals surface area contributed by atoms with Gasteiger partial charge in [0.2, 0.25) is 10.0 Å². The standard InChI is InChI=1S/C13H22N4O3S2/c1-2-14-3-4-15-13(18)12-9-11(10-16-12)22(19,20)17-5-7-21-8-6-17/h9-10,14,16H,2-8H2,1H3,(H,15,18). The van der Waals surface area contributed by atoms with Crippen LogP contribution in [0.15, 0.2) is 17.2 Å². The summed E-state index contributed by atoms with van der Waals surface area (Å²) in [5.74, 6) is 1.32. The minimum absolute atomic E-state index is 0.149. The van der Waals surface area contributed by atoms with E-state index in [2.05, 4.69) is 15.6 Å². The van der Waals surface area contributed by atoms with Crippen molar-refractivity contribution < 1.29 is 13.2 Å². The van der Waals surface area contributed by atoms with Gasteiger partial charge in [-0.05, 0) is 12.6 Å². The fourth-order valence-electron chi connectivity index (χ4n) is 2.13. The second-order valence-electron chi connectivity index (χ2n) is 4.87. The minimum Gasteiger partial charge on any atom is -0.356 e. The Morgan fingerprint density at radius 3 is 2.77 bits per heavy atom. The molecule has 0 aromatic carbocycles. The van der Waals surface area contributed by atoms with E-state index in [1.165, 1.54) is 16.6 Å². The Kier molecular flexibility index (Phi) is 6.30. The molecule has 0 spiro atoms. The number of H-pyrrole nitrogens is 1. The summed E-state index contributed by atoms with van der Waals surface area (Å²) < 4.78 is 26.4. The highest BCUT2D eigenvalue weighted by Crippen LogP contribution is 2.20. The fourth-order valence-corrected chi connectivity index (χ4v) is 4.70. The summed E-state index contributed by atoms with van der Waals surface area (Å²) in [7, 11) is -3.51. The van der Waals surface area contributed by atoms with Crippen LogP contribution in [0.3, 0.4) is 0 Å². The van der Waals surface area contributed by atoms with Gasteiger partial charge in [0.25, 0.3) is 5.91 Å². The number of aromatic nitrogens is 1. The molecular weight excluding hydrogens is 324 g/mol. The zero-order valence-corrected chi connectivity index (χ0v) is 14.2. The first kappa shape index (κ1) is 17.3. The highest BCUT2D eigenvalue weighted by molar-refractivity contribution is 7.99. The predicted octanol–water partition coefficient (Wildman–Crippen LogP) is 0.0915. The van der Waals surface area contributed by atoms with Gasteiger partial charge in [-0.3, -0.25) is 4.79 Å². The van der Waals surface area contributed by atoms with Crippen LogP contribution in [-0.4, -0.2) is 67.8 Å². The maximum Gasteiger partial charge on any atom is 0.267 e. The molecule has 1 aliphatic heterocycles. The minimum atomic E-state index is -3.51. The molecule has 2 heterocycles. The number of nitrogens with zero attached hydrogens (tertiary/aromatic N) is 1. The van der Waals surface area contributed by atoms with Crippen LogP contribution in [0.5, 0.6) is 0 Å². The van der Waals surface area contributed by atoms with E-state index < -0.39 is 10.0 Å². The average molecular weight is 346 g/mol. The number of thioether (sulfide) groups is 1. The van der Waals surface area contributed by atoms with Gasteiger partial charge in [-0.25, -0.2) is 8.42 Å². The molecule has 22 heavy (non-hydrogen) atoms. The van der Waals surface area contributed by atoms with Gasteiger partial charge in [0.1, 0.15) is 10.6 Å². The van der Waals surface area contributed by atoms with E-state index in [1.807, 2.05) is 6.92 Å². The number of aromatic amines is 1. The molecule has 1 aliphatic rings. The maximum absolute atomic E-state index is 12.5. The molecule has 0 unspecified atom stereocenters. The third-order valence-electron chi connectivity index (χ3n) is 3.35. The van der Waals surface area contributed by atoms with Crippen molar-refractivity contribution in [2.45, 2.75) is 11.8 Å². The van der Waals surface area contributed by atoms with Crippen molar-refractivity contribution in [2.24, 2.45) is 0 Å². The van der Waals surface area contributed by atoms with Crippen LogP contribution in [0.25, 0.3) is 0 Å². The molecule has 9 heteroatoms. The quantitative estimate of drug-likeness (QED) is 0.609. The largest absolute Gasteiger partial charge is 0.356 e. The molecule has 124 valence electrons. The number of hydrogen-bond acceptors (Lipinski definition) is 5. The number of hydrogen-bond donors (Lipinski definition) is 3. The molecule has 1 saturated heterocycles. The summed E-state index contributed by atoms with van der Waals surface area (Å²) in [6, 6.07) is 1.40. The van der Waals surface area contributed by atoms with Crippen LogP contribution in [0.4, 0.5) is 0 Å². The van der Waals surface area contributed by atoms with Gasteiger partial charge in [0.15, 0.2) is 0 Å². The lowest BCUT2D eigenvalue weighted by Crippen LogP contribution is -2.37. The van der Waals surface area contributed by atoms with Gasteiger partial charge in [-0.2, -0.15) is 16.1 Å². The predicted molar refractivity (Wildman–Crippen MR) is 87.8 cm³/mol. The van der Waals surface area contributed by atoms with Crippen LogP contribution >= 0.6 is 11.8 Å². The van der Waals surface area contributed by atoms with Crippen molar-refractivity contribution in [3.05, 3.63) is 18.0 Å². The molecule has 1 amide bonds. The average Bonchev–Trinajstić information content (AvgIpc) is 3.03. The number of amides is 1. The van der Waals surface area contributed by atoms with E-state index in [9.17, 15) is 13.2 Å². The molecule has 1 aromatic heterocycles. The van der Waals surface area contributed by atoms with Gasteiger partial charge < -0.3 is 15.6 Å². The third kappa shape index (κ3) is 4.25. The van der Waals surface area contributed by atoms with Crippen LogP contribution in [0.1, 0.15) is 17.4 Å². The Morgan fingerprint density at radius 2 is 2.09 bits per heavy atom. The number of sulfonamides is 1. The molecule has 1 fully saturated rings. The smallest absolute Gasteiger partial charge is 0.267 e. The molecule has 0 atom stereocenters. The Morgan fingerprint density at radius 1 is 1.36 bits per heavy atom. The molecule has 0 radical (unpaired) electrons. The topological polar surface area (TPSA) is 94.3 Å². The number of carbonyl (C=O) groups is 1. The second kappa shape index (κ2) is 8.00. The van der Waals surface area contributed by atoms with Crippen LogP contribution < -0.4 is 10.6 Å². The lowest BCUT2D eigenvalue weighted by Gasteiger charge is -2.24. The molecule has 0 bridgehead atoms. The first-order valence-electron chi connectivity index (χ1n) is 7.31. The zero-order valence-electron chi connectivity index (χ0n) is 12.6. The number of carbonyl (C=O) groups excluding carboxylic acids is 1. The molecule has 0 aliphatic carbocycles. The number of nitrogens with one attached hydrogen (secondary N) is 3. The molecule has 2 rings (SSSR count). The lowest BCUT2D eigenvalue weighted by molar-refractivity contribution is 0.0949. The summed E-state index contributed by atoms with van der Waals surface area (Å²) in [5, 5.41) is 5.83. The monoisotopic (exact) mass is 346 g/mol. The van der Waals surface area contributed by atoms with Crippen molar-refractivity contribution >= 4 is 27.7 Å². The second-order valence-corrected chi connectivity index (χ2v) is 8.04. The normalized spacial score (nSPS) is 16.6. The maximum atomic E-state index is 12.5. The van der Waals surface area contributed by atoms with Gasteiger partial charge in [0.05, 0.1) is 0 Å². The zero-order chi connectivity index (χ0) is 16.0. The van der Waals surface area contributed by atoms with Crippen molar-refractivity contribution in [3.63, 3.8) is 0 Å². The van der Waals surface area contributed by atoms with E-state index in [0.717, 1.165) is 18.1 Å². The van der Waals surface area contributed by atoms with E-state index in [-0.39, 0.29) is 16.5 Å². The molecule has 3 N–H and O–H groups in total. The van der Waals surface area contributed by atoms with Crippen molar-refractivity contribution in [1.82, 2.24) is 19.9 Å². The molecule has 0 saturated carbocycles. The van der Waals surface area contributed by atoms with Crippen molar-refractivity contribution in [2.75, 3.05) is 44.2 Å². The Balaban J connectivity index is 1.99. The Labute approximate surface area is 135 Å². The molecular formula is C13H22N4O3S2. The van der Waals surface area contributed by atoms with E-state index in [0.29, 0.717) is 26.2 Å². The first-order chi connectivity index (χ1) is 10.6. The summed E-state index contributed by atoms with van der Waals surface area (Å²) in [6.07, 6.45) is 1.39. The van der Waals surface area contributed by atoms with Crippen LogP contribution in [0, 0.1) is 0 Å². The first-order valence-corrected chi connectivity index (χ1v) is 9.90. The van der Waals surface area contributed by atoms with Crippen molar-refractivity contribution in [1.29, 1.82) is 0 Å². The Hall–Kier alpha value is -1.03. The molecule has 1 aromatic rings. The third-order valence-corrected chi connectivity index (χ3v) is 6.17. The van der Waals surface area contributed by atoms with Gasteiger partial charge in [0, 0.05) is 43.9 Å². The van der Waals surface area contributed by atoms with Gasteiger partial charge in [-0.15, -0.1) is 0 Å². The summed E-state index contributed by atoms with van der Waals surface area (Å²) in [5.41, 5.74) is 0.265. The van der Waals surface area contributed by atoms with E-state index in [1.54, 1.807) is 11.8 Å². The number of likely N-dealkylation sites (N-methyl/N-ethyl adjacent to an activating group) is 1. The fraction of sp³-hybridized carbons (Fsp3) is 0.615. The summed E-state index contributed by atoms with van der Waals surface area (Å²) >= 11 is 1.75. The highest BCUT2D eigenvalue weighted by atomic mass is 32.2. The lowest BCUT2D eigenvalue weighted by atomic mass is 10.4. The molecule has 7 nitrogen and oxygen atoms in total. The van der Waals surface area contributed by atoms with Crippen LogP contribution in [-0.2, 0) is 10.0 Å². The van der Waals surface area contributed by atoms with Gasteiger partial charge in [-0.1, -0.05) is 6.92 Å². The Bertz CT molecular complexity index is 594. The SMILES string of the molecule is CCNCCNC(=O)c1cc(S(=O)(=O)N2CCSCC2)c[nH]1. The van der Waals surface area contributed by atoms with Crippen molar-refractivity contribution in [3.8, 4) is 0 Å². The summed E-state index contributed by atoms with van der Waals surface area (Å²) in [6.45, 7) is 5.04. The van der Waals surface area contributed by atoms with E-state index in [4.69, 9.17) is 0 Å². The van der Waals surface area contributed by atoms with E-state index >= 15 is 0 Å². The van der Waals surface area contributed by atoms with Crippen LogP contribution in [0.2, 0.25) is 0 Å².